The molecule has 0 aliphatic heterocycles. The van der Waals surface area contributed by atoms with Gasteiger partial charge in [0.2, 0.25) is 0 Å². The third kappa shape index (κ3) is 3.19. The predicted octanol–water partition coefficient (Wildman–Crippen LogP) is 2.57. The van der Waals surface area contributed by atoms with Crippen LogP contribution in [0.4, 0.5) is 5.82 Å². The first-order valence-electron chi connectivity index (χ1n) is 6.81. The molecule has 1 unspecified atom stereocenters. The second-order valence-corrected chi connectivity index (χ2v) is 5.16. The lowest BCUT2D eigenvalue weighted by Crippen LogP contribution is -2.24. The van der Waals surface area contributed by atoms with E-state index in [0.29, 0.717) is 17.5 Å². The number of fused-ring (bicyclic) bond motifs is 1. The number of anilines is 1. The number of nitrogens with zero attached hydrogens (tertiary/aromatic N) is 4. The van der Waals surface area contributed by atoms with E-state index >= 15 is 0 Å². The average molecular weight is 298 g/mol. The van der Waals surface area contributed by atoms with Crippen molar-refractivity contribution >= 4 is 23.2 Å². The summed E-state index contributed by atoms with van der Waals surface area (Å²) in [5, 5.41) is 8.12. The smallest absolute Gasteiger partial charge is 0.255 e. The normalized spacial score (nSPS) is 12.8. The largest absolute Gasteiger partial charge is 0.383 e. The van der Waals surface area contributed by atoms with E-state index in [1.54, 1.807) is 11.6 Å². The number of methoxy groups -OCH3 is 1. The number of nitrogens with one attached hydrogen (secondary N) is 1. The predicted molar refractivity (Wildman–Crippen MR) is 79.4 cm³/mol. The van der Waals surface area contributed by atoms with Gasteiger partial charge in [0.1, 0.15) is 17.3 Å². The first-order chi connectivity index (χ1) is 9.67. The monoisotopic (exact) mass is 297 g/mol. The van der Waals surface area contributed by atoms with Crippen LogP contribution < -0.4 is 5.32 Å². The van der Waals surface area contributed by atoms with Crippen LogP contribution in [-0.4, -0.2) is 39.3 Å². The molecule has 0 bridgehead atoms. The van der Waals surface area contributed by atoms with Gasteiger partial charge in [-0.3, -0.25) is 0 Å². The minimum absolute atomic E-state index is 0.145. The van der Waals surface area contributed by atoms with Crippen molar-refractivity contribution in [2.75, 3.05) is 19.0 Å². The molecule has 0 aliphatic carbocycles. The average Bonchev–Trinajstić information content (AvgIpc) is 2.86. The number of ether oxygens (including phenoxy) is 1. The lowest BCUT2D eigenvalue weighted by molar-refractivity contribution is 0.190. The van der Waals surface area contributed by atoms with Crippen molar-refractivity contribution in [1.29, 1.82) is 0 Å². The number of halogens is 1. The summed E-state index contributed by atoms with van der Waals surface area (Å²) in [5.41, 5.74) is 0.981. The number of rotatable bonds is 7. The molecule has 2 heterocycles. The molecule has 0 spiro atoms. The molecule has 0 aromatic carbocycles. The minimum Gasteiger partial charge on any atom is -0.383 e. The van der Waals surface area contributed by atoms with Crippen molar-refractivity contribution in [3.8, 4) is 0 Å². The Morgan fingerprint density at radius 3 is 3.00 bits per heavy atom. The molecular weight excluding hydrogens is 278 g/mol. The second-order valence-electron chi connectivity index (χ2n) is 4.81. The number of hydrogen-bond donors (Lipinski definition) is 1. The van der Waals surface area contributed by atoms with Gasteiger partial charge < -0.3 is 10.1 Å². The molecule has 0 amide bonds. The zero-order chi connectivity index (χ0) is 14.5. The topological polar surface area (TPSA) is 64.3 Å². The molecule has 0 radical (unpaired) electrons. The van der Waals surface area contributed by atoms with Gasteiger partial charge in [-0.1, -0.05) is 24.9 Å². The fourth-order valence-corrected chi connectivity index (χ4v) is 2.36. The number of aromatic nitrogens is 4. The van der Waals surface area contributed by atoms with Gasteiger partial charge in [-0.25, -0.2) is 0 Å². The summed E-state index contributed by atoms with van der Waals surface area (Å²) in [6.45, 7) is 4.80. The molecule has 110 valence electrons. The quantitative estimate of drug-likeness (QED) is 0.796. The lowest BCUT2D eigenvalue weighted by atomic mass is 10.1. The van der Waals surface area contributed by atoms with Gasteiger partial charge in [0.15, 0.2) is 0 Å². The Morgan fingerprint density at radius 1 is 1.50 bits per heavy atom. The maximum Gasteiger partial charge on any atom is 0.255 e. The third-order valence-electron chi connectivity index (χ3n) is 3.05. The summed E-state index contributed by atoms with van der Waals surface area (Å²) >= 11 is 6.30. The lowest BCUT2D eigenvalue weighted by Gasteiger charge is -2.18. The van der Waals surface area contributed by atoms with E-state index in [2.05, 4.69) is 27.3 Å². The minimum atomic E-state index is 0.145. The zero-order valence-electron chi connectivity index (χ0n) is 12.1. The van der Waals surface area contributed by atoms with Crippen molar-refractivity contribution in [3.63, 3.8) is 0 Å². The van der Waals surface area contributed by atoms with Crippen molar-refractivity contribution in [1.82, 2.24) is 19.6 Å². The summed E-state index contributed by atoms with van der Waals surface area (Å²) in [5.74, 6) is 1.36. The fraction of sp³-hybridized carbons (Fsp3) is 0.615. The van der Waals surface area contributed by atoms with E-state index < -0.39 is 0 Å². The van der Waals surface area contributed by atoms with Crippen molar-refractivity contribution in [2.24, 2.45) is 0 Å². The molecule has 1 atom stereocenters. The molecular formula is C13H20ClN5O. The van der Waals surface area contributed by atoms with Gasteiger partial charge in [0.25, 0.3) is 5.78 Å². The third-order valence-corrected chi connectivity index (χ3v) is 3.37. The Balaban J connectivity index is 2.42. The first kappa shape index (κ1) is 15.0. The van der Waals surface area contributed by atoms with Crippen LogP contribution >= 0.6 is 11.6 Å². The Bertz CT molecular complexity index is 571. The van der Waals surface area contributed by atoms with Crippen LogP contribution in [-0.2, 0) is 11.2 Å². The van der Waals surface area contributed by atoms with Crippen LogP contribution in [0, 0.1) is 0 Å². The highest BCUT2D eigenvalue weighted by Gasteiger charge is 2.16. The van der Waals surface area contributed by atoms with Crippen LogP contribution in [0.5, 0.6) is 0 Å². The Hall–Kier alpha value is -1.40. The maximum atomic E-state index is 6.30. The zero-order valence-corrected chi connectivity index (χ0v) is 12.8. The Morgan fingerprint density at radius 2 is 2.30 bits per heavy atom. The van der Waals surface area contributed by atoms with Gasteiger partial charge in [-0.05, 0) is 19.8 Å². The second kappa shape index (κ2) is 6.85. The number of hydrogen-bond acceptors (Lipinski definition) is 5. The van der Waals surface area contributed by atoms with Crippen LogP contribution in [0.15, 0.2) is 6.33 Å². The molecule has 7 heteroatoms. The molecule has 0 fully saturated rings. The fourth-order valence-electron chi connectivity index (χ4n) is 2.10. The highest BCUT2D eigenvalue weighted by Crippen LogP contribution is 2.25. The van der Waals surface area contributed by atoms with Crippen LogP contribution in [0.25, 0.3) is 5.78 Å². The van der Waals surface area contributed by atoms with Crippen LogP contribution in [0.3, 0.4) is 0 Å². The molecule has 20 heavy (non-hydrogen) atoms. The van der Waals surface area contributed by atoms with E-state index in [0.717, 1.165) is 30.6 Å². The Labute approximate surface area is 123 Å². The highest BCUT2D eigenvalue weighted by molar-refractivity contribution is 6.30. The van der Waals surface area contributed by atoms with E-state index in [-0.39, 0.29) is 6.04 Å². The summed E-state index contributed by atoms with van der Waals surface area (Å²) in [6, 6.07) is 0.145. The van der Waals surface area contributed by atoms with E-state index in [1.165, 1.54) is 6.33 Å². The molecule has 0 aliphatic rings. The van der Waals surface area contributed by atoms with Gasteiger partial charge in [0.05, 0.1) is 6.61 Å². The first-order valence-corrected chi connectivity index (χ1v) is 7.18. The molecule has 2 aromatic heterocycles. The van der Waals surface area contributed by atoms with Crippen molar-refractivity contribution < 1.29 is 4.74 Å². The molecule has 0 saturated heterocycles. The van der Waals surface area contributed by atoms with E-state index in [1.807, 2.05) is 6.92 Å². The van der Waals surface area contributed by atoms with Gasteiger partial charge in [0, 0.05) is 18.7 Å². The summed E-state index contributed by atoms with van der Waals surface area (Å²) in [6.07, 6.45) is 4.49. The SMILES string of the molecule is CCCCc1c(Cl)nc2ncnn2c1NC(C)COC. The molecule has 6 nitrogen and oxygen atoms in total. The molecule has 2 aromatic rings. The van der Waals surface area contributed by atoms with Gasteiger partial charge in [-0.2, -0.15) is 19.6 Å². The van der Waals surface area contributed by atoms with Gasteiger partial charge in [-0.15, -0.1) is 0 Å². The van der Waals surface area contributed by atoms with Gasteiger partial charge >= 0.3 is 0 Å². The van der Waals surface area contributed by atoms with Crippen molar-refractivity contribution in [2.45, 2.75) is 39.2 Å². The molecule has 0 saturated carbocycles. The van der Waals surface area contributed by atoms with Crippen molar-refractivity contribution in [3.05, 3.63) is 17.0 Å². The summed E-state index contributed by atoms with van der Waals surface area (Å²) in [7, 11) is 1.68. The van der Waals surface area contributed by atoms with Crippen LogP contribution in [0.2, 0.25) is 5.15 Å². The molecule has 1 N–H and O–H groups in total. The summed E-state index contributed by atoms with van der Waals surface area (Å²) < 4.78 is 6.86. The maximum absolute atomic E-state index is 6.30. The summed E-state index contributed by atoms with van der Waals surface area (Å²) in [4.78, 5) is 8.39. The Kier molecular flexibility index (Phi) is 5.14. The van der Waals surface area contributed by atoms with E-state index in [4.69, 9.17) is 16.3 Å². The van der Waals surface area contributed by atoms with Crippen LogP contribution in [0.1, 0.15) is 32.3 Å². The highest BCUT2D eigenvalue weighted by atomic mass is 35.5. The number of unbranched alkanes of at least 4 members (excludes halogenated alkanes) is 1. The molecule has 2 rings (SSSR count). The van der Waals surface area contributed by atoms with E-state index in [9.17, 15) is 0 Å². The standard InChI is InChI=1S/C13H20ClN5O/c1-4-5-6-10-11(14)18-13-15-8-16-19(13)12(10)17-9(2)7-20-3/h8-9,17H,4-7H2,1-3H3.